The van der Waals surface area contributed by atoms with Crippen molar-refractivity contribution < 1.29 is 13.2 Å². The number of benzene rings is 1. The van der Waals surface area contributed by atoms with Crippen LogP contribution in [0.25, 0.3) is 16.9 Å². The van der Waals surface area contributed by atoms with E-state index in [0.29, 0.717) is 24.6 Å². The monoisotopic (exact) mass is 491 g/mol. The summed E-state index contributed by atoms with van der Waals surface area (Å²) in [5.74, 6) is 0.557. The van der Waals surface area contributed by atoms with Gasteiger partial charge in [0.1, 0.15) is 17.6 Å². The van der Waals surface area contributed by atoms with Gasteiger partial charge in [0.15, 0.2) is 0 Å². The molecule has 0 bridgehead atoms. The zero-order valence-corrected chi connectivity index (χ0v) is 19.6. The van der Waals surface area contributed by atoms with Crippen LogP contribution < -0.4 is 4.90 Å². The number of piperazine rings is 1. The summed E-state index contributed by atoms with van der Waals surface area (Å²) in [6.45, 7) is 4.91. The molecule has 1 fully saturated rings. The lowest BCUT2D eigenvalue weighted by Crippen LogP contribution is -2.51. The molecule has 1 aliphatic heterocycles. The van der Waals surface area contributed by atoms with E-state index >= 15 is 0 Å². The van der Waals surface area contributed by atoms with Gasteiger partial charge in [0, 0.05) is 61.4 Å². The summed E-state index contributed by atoms with van der Waals surface area (Å²) < 4.78 is 40.4. The molecule has 0 saturated carbocycles. The van der Waals surface area contributed by atoms with Crippen LogP contribution in [-0.4, -0.2) is 50.3 Å². The van der Waals surface area contributed by atoms with Crippen molar-refractivity contribution in [3.63, 3.8) is 0 Å². The molecule has 5 rings (SSSR count). The zero-order chi connectivity index (χ0) is 25.3. The summed E-state index contributed by atoms with van der Waals surface area (Å²) in [5, 5.41) is 16.6. The molecule has 7 nitrogen and oxygen atoms in total. The molecule has 0 aliphatic carbocycles. The fraction of sp³-hybridized carbons (Fsp3) is 0.269. The largest absolute Gasteiger partial charge is 0.417 e. The predicted octanol–water partition coefficient (Wildman–Crippen LogP) is 4.86. The van der Waals surface area contributed by atoms with E-state index < -0.39 is 11.7 Å². The highest BCUT2D eigenvalue weighted by molar-refractivity contribution is 5.64. The number of hydrogen-bond donors (Lipinski definition) is 1. The van der Waals surface area contributed by atoms with E-state index in [4.69, 9.17) is 0 Å². The number of rotatable bonds is 5. The van der Waals surface area contributed by atoms with Crippen LogP contribution in [-0.2, 0) is 12.7 Å². The molecule has 0 unspecified atom stereocenters. The highest BCUT2D eigenvalue weighted by Crippen LogP contribution is 2.30. The average molecular weight is 492 g/mol. The second-order valence-electron chi connectivity index (χ2n) is 8.87. The fourth-order valence-electron chi connectivity index (χ4n) is 4.65. The Bertz CT molecular complexity index is 1360. The third-order valence-corrected chi connectivity index (χ3v) is 6.49. The lowest BCUT2D eigenvalue weighted by molar-refractivity contribution is -0.137. The Kier molecular flexibility index (Phi) is 6.24. The number of nitriles is 1. The number of hydrogen-bond acceptors (Lipinski definition) is 5. The molecule has 0 amide bonds. The smallest absolute Gasteiger partial charge is 0.351 e. The number of nitrogens with one attached hydrogen (secondary N) is 1. The quantitative estimate of drug-likeness (QED) is 0.431. The summed E-state index contributed by atoms with van der Waals surface area (Å²) in [7, 11) is 0. The van der Waals surface area contributed by atoms with Gasteiger partial charge in [0.2, 0.25) is 0 Å². The van der Waals surface area contributed by atoms with Crippen molar-refractivity contribution in [2.75, 3.05) is 24.5 Å². The average Bonchev–Trinajstić information content (AvgIpc) is 3.53. The van der Waals surface area contributed by atoms with Crippen molar-refractivity contribution in [3.8, 4) is 23.0 Å². The Morgan fingerprint density at radius 3 is 2.56 bits per heavy atom. The topological polar surface area (TPSA) is 76.8 Å². The molecule has 4 heterocycles. The number of anilines is 1. The van der Waals surface area contributed by atoms with Crippen molar-refractivity contribution in [1.82, 2.24) is 24.6 Å². The van der Waals surface area contributed by atoms with Gasteiger partial charge in [0.25, 0.3) is 0 Å². The predicted molar refractivity (Wildman–Crippen MR) is 129 cm³/mol. The maximum atomic E-state index is 12.9. The Labute approximate surface area is 206 Å². The summed E-state index contributed by atoms with van der Waals surface area (Å²) in [6, 6.07) is 16.4. The molecule has 36 heavy (non-hydrogen) atoms. The van der Waals surface area contributed by atoms with Gasteiger partial charge in [-0.3, -0.25) is 10.00 Å². The molecule has 1 saturated heterocycles. The van der Waals surface area contributed by atoms with Crippen LogP contribution in [0.3, 0.4) is 0 Å². The van der Waals surface area contributed by atoms with Gasteiger partial charge in [0.05, 0.1) is 17.5 Å². The molecule has 1 atom stereocenters. The number of aromatic nitrogens is 4. The van der Waals surface area contributed by atoms with Gasteiger partial charge in [-0.05, 0) is 43.3 Å². The van der Waals surface area contributed by atoms with Crippen LogP contribution in [0.5, 0.6) is 0 Å². The zero-order valence-electron chi connectivity index (χ0n) is 19.6. The van der Waals surface area contributed by atoms with Gasteiger partial charge in [-0.15, -0.1) is 0 Å². The number of alkyl halides is 3. The number of aromatic amines is 1. The summed E-state index contributed by atoms with van der Waals surface area (Å²) in [5.41, 5.74) is 3.74. The molecule has 1 aromatic carbocycles. The minimum Gasteiger partial charge on any atom is -0.351 e. The van der Waals surface area contributed by atoms with Crippen molar-refractivity contribution in [2.24, 2.45) is 0 Å². The molecule has 10 heteroatoms. The molecular formula is C26H24F3N7. The Morgan fingerprint density at radius 2 is 1.89 bits per heavy atom. The third-order valence-electron chi connectivity index (χ3n) is 6.49. The molecule has 0 radical (unpaired) electrons. The summed E-state index contributed by atoms with van der Waals surface area (Å²) in [4.78, 5) is 8.42. The van der Waals surface area contributed by atoms with Crippen molar-refractivity contribution in [1.29, 1.82) is 5.26 Å². The van der Waals surface area contributed by atoms with Gasteiger partial charge < -0.3 is 9.47 Å². The number of nitrogens with zero attached hydrogens (tertiary/aromatic N) is 6. The van der Waals surface area contributed by atoms with E-state index in [1.165, 1.54) is 6.07 Å². The summed E-state index contributed by atoms with van der Waals surface area (Å²) >= 11 is 0. The lowest BCUT2D eigenvalue weighted by Gasteiger charge is -2.40. The highest BCUT2D eigenvalue weighted by Gasteiger charge is 2.32. The van der Waals surface area contributed by atoms with Crippen molar-refractivity contribution in [2.45, 2.75) is 25.7 Å². The van der Waals surface area contributed by atoms with E-state index in [0.717, 1.165) is 47.9 Å². The molecule has 1 N–H and O–H groups in total. The molecular weight excluding hydrogens is 467 g/mol. The van der Waals surface area contributed by atoms with E-state index in [1.807, 2.05) is 52.2 Å². The standard InChI is InChI=1S/C26H24F3N7/c1-18-16-34(11-12-35(18)24-9-6-21(15-31-24)26(27,28)29)17-20-14-32-33-25(20)19-4-7-22(8-5-19)36-10-2-3-23(36)13-30/h2-10,14-15,18H,11-12,16-17H2,1H3,(H,32,33)/t18-/m1/s1. The normalized spacial score (nSPS) is 16.8. The molecule has 4 aromatic rings. The number of halogens is 3. The van der Waals surface area contributed by atoms with Gasteiger partial charge in [-0.1, -0.05) is 12.1 Å². The first-order valence-electron chi connectivity index (χ1n) is 11.6. The third kappa shape index (κ3) is 4.70. The SMILES string of the molecule is C[C@@H]1CN(Cc2cn[nH]c2-c2ccc(-n3cccc3C#N)cc2)CCN1c1ccc(C(F)(F)F)cn1. The maximum absolute atomic E-state index is 12.9. The molecule has 3 aromatic heterocycles. The van der Waals surface area contributed by atoms with E-state index in [-0.39, 0.29) is 6.04 Å². The van der Waals surface area contributed by atoms with E-state index in [1.54, 1.807) is 6.07 Å². The first-order valence-corrected chi connectivity index (χ1v) is 11.6. The molecule has 1 aliphatic rings. The van der Waals surface area contributed by atoms with Crippen LogP contribution >= 0.6 is 0 Å². The maximum Gasteiger partial charge on any atom is 0.417 e. The Balaban J connectivity index is 1.25. The minimum absolute atomic E-state index is 0.0912. The van der Waals surface area contributed by atoms with Crippen LogP contribution in [0.2, 0.25) is 0 Å². The first-order chi connectivity index (χ1) is 17.3. The minimum atomic E-state index is -4.39. The molecule has 184 valence electrons. The number of H-pyrrole nitrogens is 1. The van der Waals surface area contributed by atoms with Gasteiger partial charge >= 0.3 is 6.18 Å². The second-order valence-corrected chi connectivity index (χ2v) is 8.87. The Hall–Kier alpha value is -4.10. The van der Waals surface area contributed by atoms with Crippen molar-refractivity contribution >= 4 is 5.82 Å². The van der Waals surface area contributed by atoms with Gasteiger partial charge in [-0.2, -0.15) is 23.5 Å². The van der Waals surface area contributed by atoms with Gasteiger partial charge in [-0.25, -0.2) is 4.98 Å². The van der Waals surface area contributed by atoms with Crippen LogP contribution in [0, 0.1) is 11.3 Å². The van der Waals surface area contributed by atoms with Crippen LogP contribution in [0.4, 0.5) is 19.0 Å². The van der Waals surface area contributed by atoms with Crippen LogP contribution in [0.1, 0.15) is 23.7 Å². The van der Waals surface area contributed by atoms with E-state index in [2.05, 4.69) is 33.1 Å². The molecule has 0 spiro atoms. The van der Waals surface area contributed by atoms with Crippen LogP contribution in [0.15, 0.2) is 67.1 Å². The second kappa shape index (κ2) is 9.51. The first kappa shape index (κ1) is 23.6. The number of pyridine rings is 1. The Morgan fingerprint density at radius 1 is 1.08 bits per heavy atom. The summed E-state index contributed by atoms with van der Waals surface area (Å²) in [6.07, 6.45) is 0.197. The lowest BCUT2D eigenvalue weighted by atomic mass is 10.1. The van der Waals surface area contributed by atoms with E-state index in [9.17, 15) is 18.4 Å². The van der Waals surface area contributed by atoms with Crippen molar-refractivity contribution in [3.05, 3.63) is 83.9 Å². The highest BCUT2D eigenvalue weighted by atomic mass is 19.4. The fourth-order valence-corrected chi connectivity index (χ4v) is 4.65.